The molecule has 0 spiro atoms. The fourth-order valence-corrected chi connectivity index (χ4v) is 3.03. The van der Waals surface area contributed by atoms with E-state index in [4.69, 9.17) is 4.74 Å². The van der Waals surface area contributed by atoms with Crippen LogP contribution in [-0.4, -0.2) is 28.8 Å². The van der Waals surface area contributed by atoms with Crippen molar-refractivity contribution in [3.63, 3.8) is 0 Å². The van der Waals surface area contributed by atoms with Gasteiger partial charge in [0.25, 0.3) is 0 Å². The number of carboxylic acid groups (broad SMARTS) is 1. The molecule has 1 aliphatic heterocycles. The third-order valence-corrected chi connectivity index (χ3v) is 4.34. The summed E-state index contributed by atoms with van der Waals surface area (Å²) in [5, 5.41) is 12.5. The number of anilines is 1. The fourth-order valence-electron chi connectivity index (χ4n) is 3.03. The number of aromatic carboxylic acids is 1. The van der Waals surface area contributed by atoms with E-state index in [1.165, 1.54) is 36.5 Å². The van der Waals surface area contributed by atoms with Crippen LogP contribution in [0.15, 0.2) is 59.5 Å². The van der Waals surface area contributed by atoms with E-state index in [0.29, 0.717) is 35.8 Å². The maximum Gasteiger partial charge on any atom is 0.341 e. The summed E-state index contributed by atoms with van der Waals surface area (Å²) in [4.78, 5) is 23.7. The van der Waals surface area contributed by atoms with Crippen LogP contribution < -0.4 is 15.5 Å². The molecular weight excluding hydrogens is 351 g/mol. The summed E-state index contributed by atoms with van der Waals surface area (Å²) in [6, 6.07) is 12.3. The van der Waals surface area contributed by atoms with Crippen molar-refractivity contribution in [2.75, 3.05) is 18.5 Å². The van der Waals surface area contributed by atoms with Crippen LogP contribution in [0.25, 0.3) is 16.9 Å². The van der Waals surface area contributed by atoms with Crippen molar-refractivity contribution in [3.8, 4) is 22.7 Å². The summed E-state index contributed by atoms with van der Waals surface area (Å²) < 4.78 is 20.4. The normalized spacial score (nSPS) is 12.6. The molecule has 0 fully saturated rings. The van der Waals surface area contributed by atoms with Gasteiger partial charge in [0.2, 0.25) is 0 Å². The summed E-state index contributed by atoms with van der Waals surface area (Å²) in [5.41, 5.74) is 1.56. The number of rotatable bonds is 3. The molecule has 1 aliphatic rings. The van der Waals surface area contributed by atoms with Gasteiger partial charge in [-0.15, -0.1) is 0 Å². The molecule has 4 rings (SSSR count). The smallest absolute Gasteiger partial charge is 0.341 e. The Balaban J connectivity index is 1.94. The van der Waals surface area contributed by atoms with Crippen LogP contribution in [-0.2, 0) is 0 Å². The van der Waals surface area contributed by atoms with Crippen molar-refractivity contribution in [2.45, 2.75) is 0 Å². The summed E-state index contributed by atoms with van der Waals surface area (Å²) >= 11 is 0. The Labute approximate surface area is 153 Å². The minimum atomic E-state index is -1.32. The van der Waals surface area contributed by atoms with E-state index < -0.39 is 17.2 Å². The molecule has 2 N–H and O–H groups in total. The highest BCUT2D eigenvalue weighted by Crippen LogP contribution is 2.33. The molecule has 0 unspecified atom stereocenters. The number of nitrogens with one attached hydrogen (secondary N) is 1. The molecular formula is C20H15FN2O4. The maximum atomic E-state index is 13.3. The van der Waals surface area contributed by atoms with E-state index in [-0.39, 0.29) is 5.56 Å². The van der Waals surface area contributed by atoms with Gasteiger partial charge < -0.3 is 19.7 Å². The number of halogens is 1. The first kappa shape index (κ1) is 16.8. The highest BCUT2D eigenvalue weighted by Gasteiger charge is 2.17. The number of carbonyl (C=O) groups is 1. The molecule has 6 nitrogen and oxygen atoms in total. The van der Waals surface area contributed by atoms with Gasteiger partial charge in [-0.2, -0.15) is 0 Å². The average Bonchev–Trinajstić information content (AvgIpc) is 2.68. The molecule has 0 amide bonds. The second-order valence-corrected chi connectivity index (χ2v) is 6.07. The lowest BCUT2D eigenvalue weighted by molar-refractivity contribution is 0.0695. The van der Waals surface area contributed by atoms with Crippen molar-refractivity contribution >= 4 is 11.7 Å². The SMILES string of the molecule is O=C(O)c1cn(-c2ccc(F)cc2)c(-c2ccc3c(c2)NCCO3)cc1=O. The molecule has 1 aromatic heterocycles. The van der Waals surface area contributed by atoms with Crippen LogP contribution in [0.3, 0.4) is 0 Å². The average molecular weight is 366 g/mol. The predicted octanol–water partition coefficient (Wildman–Crippen LogP) is 3.15. The highest BCUT2D eigenvalue weighted by molar-refractivity contribution is 5.88. The first-order valence-corrected chi connectivity index (χ1v) is 8.30. The van der Waals surface area contributed by atoms with Gasteiger partial charge >= 0.3 is 5.97 Å². The quantitative estimate of drug-likeness (QED) is 0.744. The van der Waals surface area contributed by atoms with Gasteiger partial charge in [0.15, 0.2) is 5.43 Å². The minimum absolute atomic E-state index is 0.359. The van der Waals surface area contributed by atoms with Crippen molar-refractivity contribution in [2.24, 2.45) is 0 Å². The lowest BCUT2D eigenvalue weighted by Gasteiger charge is -2.21. The molecule has 0 radical (unpaired) electrons. The Morgan fingerprint density at radius 1 is 1.15 bits per heavy atom. The van der Waals surface area contributed by atoms with Gasteiger partial charge in [-0.1, -0.05) is 0 Å². The van der Waals surface area contributed by atoms with Crippen molar-refractivity contribution in [1.82, 2.24) is 4.57 Å². The second-order valence-electron chi connectivity index (χ2n) is 6.07. The van der Waals surface area contributed by atoms with E-state index >= 15 is 0 Å². The van der Waals surface area contributed by atoms with Gasteiger partial charge in [-0.25, -0.2) is 9.18 Å². The third kappa shape index (κ3) is 3.15. The summed E-state index contributed by atoms with van der Waals surface area (Å²) in [5.74, 6) is -1.01. The molecule has 3 aromatic rings. The molecule has 0 atom stereocenters. The molecule has 0 bridgehead atoms. The van der Waals surface area contributed by atoms with Gasteiger partial charge in [0, 0.05) is 30.1 Å². The monoisotopic (exact) mass is 366 g/mol. The maximum absolute atomic E-state index is 13.3. The number of nitrogens with zero attached hydrogens (tertiary/aromatic N) is 1. The number of carboxylic acids is 1. The minimum Gasteiger partial charge on any atom is -0.490 e. The van der Waals surface area contributed by atoms with Gasteiger partial charge in [-0.05, 0) is 42.5 Å². The molecule has 7 heteroatoms. The van der Waals surface area contributed by atoms with Crippen LogP contribution in [0.4, 0.5) is 10.1 Å². The number of ether oxygens (including phenoxy) is 1. The molecule has 136 valence electrons. The lowest BCUT2D eigenvalue weighted by atomic mass is 10.1. The first-order valence-electron chi connectivity index (χ1n) is 8.30. The Bertz CT molecular complexity index is 1090. The standard InChI is InChI=1S/C20H15FN2O4/c21-13-2-4-14(5-3-13)23-11-15(20(25)26)18(24)10-17(23)12-1-6-19-16(9-12)22-7-8-27-19/h1-6,9-11,22H,7-8H2,(H,25,26). The number of pyridine rings is 1. The van der Waals surface area contributed by atoms with E-state index in [1.54, 1.807) is 16.7 Å². The largest absolute Gasteiger partial charge is 0.490 e. The zero-order chi connectivity index (χ0) is 19.0. The molecule has 27 heavy (non-hydrogen) atoms. The fraction of sp³-hybridized carbons (Fsp3) is 0.100. The van der Waals surface area contributed by atoms with Crippen molar-refractivity contribution in [3.05, 3.63) is 76.3 Å². The number of fused-ring (bicyclic) bond motifs is 1. The van der Waals surface area contributed by atoms with Gasteiger partial charge in [-0.3, -0.25) is 4.79 Å². The number of benzene rings is 2. The molecule has 2 aromatic carbocycles. The lowest BCUT2D eigenvalue weighted by Crippen LogP contribution is -2.19. The summed E-state index contributed by atoms with van der Waals surface area (Å²) in [6.45, 7) is 1.24. The Hall–Kier alpha value is -3.61. The predicted molar refractivity (Wildman–Crippen MR) is 98.4 cm³/mol. The molecule has 0 aliphatic carbocycles. The van der Waals surface area contributed by atoms with Crippen LogP contribution in [0.5, 0.6) is 5.75 Å². The number of aromatic nitrogens is 1. The molecule has 0 saturated heterocycles. The number of hydrogen-bond acceptors (Lipinski definition) is 4. The Morgan fingerprint density at radius 2 is 1.93 bits per heavy atom. The van der Waals surface area contributed by atoms with Gasteiger partial charge in [0.1, 0.15) is 23.7 Å². The zero-order valence-corrected chi connectivity index (χ0v) is 14.1. The first-order chi connectivity index (χ1) is 13.0. The molecule has 0 saturated carbocycles. The van der Waals surface area contributed by atoms with Crippen molar-refractivity contribution < 1.29 is 19.0 Å². The van der Waals surface area contributed by atoms with Gasteiger partial charge in [0.05, 0.1) is 11.4 Å². The van der Waals surface area contributed by atoms with Crippen LogP contribution in [0.2, 0.25) is 0 Å². The summed E-state index contributed by atoms with van der Waals surface area (Å²) in [6.07, 6.45) is 1.26. The third-order valence-electron chi connectivity index (χ3n) is 4.34. The second kappa shape index (κ2) is 6.60. The van der Waals surface area contributed by atoms with Crippen molar-refractivity contribution in [1.29, 1.82) is 0 Å². The molecule has 2 heterocycles. The zero-order valence-electron chi connectivity index (χ0n) is 14.1. The van der Waals surface area contributed by atoms with E-state index in [9.17, 15) is 19.1 Å². The summed E-state index contributed by atoms with van der Waals surface area (Å²) in [7, 11) is 0. The number of hydrogen-bond donors (Lipinski definition) is 2. The van der Waals surface area contributed by atoms with E-state index in [1.807, 2.05) is 6.07 Å². The van der Waals surface area contributed by atoms with E-state index in [0.717, 1.165) is 5.69 Å². The van der Waals surface area contributed by atoms with Crippen LogP contribution in [0.1, 0.15) is 10.4 Å². The Kier molecular flexibility index (Phi) is 4.12. The Morgan fingerprint density at radius 3 is 2.67 bits per heavy atom. The van der Waals surface area contributed by atoms with Crippen LogP contribution in [0, 0.1) is 5.82 Å². The van der Waals surface area contributed by atoms with E-state index in [2.05, 4.69) is 5.32 Å². The van der Waals surface area contributed by atoms with Crippen LogP contribution >= 0.6 is 0 Å². The highest BCUT2D eigenvalue weighted by atomic mass is 19.1. The topological polar surface area (TPSA) is 80.6 Å².